The number of carbonyl (C=O) groups is 1. The summed E-state index contributed by atoms with van der Waals surface area (Å²) in [5.74, 6) is -0.101. The number of amides is 1. The van der Waals surface area contributed by atoms with Crippen LogP contribution < -0.4 is 5.43 Å². The van der Waals surface area contributed by atoms with Crippen LogP contribution in [0.2, 0.25) is 0 Å². The van der Waals surface area contributed by atoms with Crippen molar-refractivity contribution in [2.75, 3.05) is 6.61 Å². The molecule has 1 fully saturated rings. The minimum absolute atomic E-state index is 0.101. The third kappa shape index (κ3) is 2.05. The molecule has 0 saturated carbocycles. The van der Waals surface area contributed by atoms with E-state index in [-0.39, 0.29) is 12.5 Å². The Morgan fingerprint density at radius 1 is 1.38 bits per heavy atom. The Balaban J connectivity index is 1.96. The molecule has 1 aliphatic rings. The minimum atomic E-state index is -0.101. The van der Waals surface area contributed by atoms with Crippen LogP contribution in [0.25, 0.3) is 0 Å². The van der Waals surface area contributed by atoms with Crippen LogP contribution in [0.1, 0.15) is 5.56 Å². The van der Waals surface area contributed by atoms with E-state index in [4.69, 9.17) is 4.84 Å². The molecule has 13 heavy (non-hydrogen) atoms. The predicted octanol–water partition coefficient (Wildman–Crippen LogP) is 0.465. The van der Waals surface area contributed by atoms with E-state index in [0.717, 1.165) is 5.56 Å². The molecule has 1 saturated heterocycles. The van der Waals surface area contributed by atoms with Crippen LogP contribution in [0.15, 0.2) is 30.3 Å². The molecule has 1 aromatic rings. The maximum absolute atomic E-state index is 10.8. The molecular weight excluding hydrogens is 168 g/mol. The van der Waals surface area contributed by atoms with Gasteiger partial charge in [0.25, 0.3) is 5.91 Å². The molecule has 1 N–H and O–H groups in total. The molecule has 1 amide bonds. The zero-order valence-corrected chi connectivity index (χ0v) is 7.06. The van der Waals surface area contributed by atoms with Gasteiger partial charge in [-0.2, -0.15) is 0 Å². The molecule has 1 aromatic carbocycles. The van der Waals surface area contributed by atoms with Gasteiger partial charge in [0.15, 0.2) is 6.61 Å². The highest BCUT2D eigenvalue weighted by molar-refractivity contribution is 5.77. The lowest BCUT2D eigenvalue weighted by Gasteiger charge is -2.12. The van der Waals surface area contributed by atoms with Crippen LogP contribution >= 0.6 is 0 Å². The van der Waals surface area contributed by atoms with E-state index < -0.39 is 0 Å². The third-order valence-electron chi connectivity index (χ3n) is 1.77. The van der Waals surface area contributed by atoms with Crippen LogP contribution in [0.4, 0.5) is 0 Å². The average Bonchev–Trinajstić information content (AvgIpc) is 2.53. The largest absolute Gasteiger partial charge is 0.271 e. The van der Waals surface area contributed by atoms with Crippen molar-refractivity contribution in [3.63, 3.8) is 0 Å². The normalized spacial score (nSPS) is 17.4. The van der Waals surface area contributed by atoms with Gasteiger partial charge < -0.3 is 0 Å². The maximum Gasteiger partial charge on any atom is 0.264 e. The monoisotopic (exact) mass is 178 g/mol. The first kappa shape index (κ1) is 8.22. The number of rotatable bonds is 2. The topological polar surface area (TPSA) is 41.6 Å². The summed E-state index contributed by atoms with van der Waals surface area (Å²) in [6.07, 6.45) is 0. The summed E-state index contributed by atoms with van der Waals surface area (Å²) >= 11 is 0. The number of carbonyl (C=O) groups excluding carboxylic acids is 1. The molecule has 2 rings (SSSR count). The number of hydrazine groups is 1. The maximum atomic E-state index is 10.8. The zero-order chi connectivity index (χ0) is 9.10. The average molecular weight is 178 g/mol. The van der Waals surface area contributed by atoms with E-state index in [2.05, 4.69) is 5.43 Å². The molecule has 4 heteroatoms. The number of hydroxylamine groups is 1. The van der Waals surface area contributed by atoms with Gasteiger partial charge in [-0.1, -0.05) is 35.5 Å². The standard InChI is InChI=1S/C9H10N2O2/c12-9-7-13-11(10-9)6-8-4-2-1-3-5-8/h1-5H,6-7H2,(H,10,12). The van der Waals surface area contributed by atoms with Crippen molar-refractivity contribution in [1.82, 2.24) is 10.6 Å². The van der Waals surface area contributed by atoms with Gasteiger partial charge >= 0.3 is 0 Å². The van der Waals surface area contributed by atoms with Crippen molar-refractivity contribution < 1.29 is 9.63 Å². The molecule has 4 nitrogen and oxygen atoms in total. The lowest BCUT2D eigenvalue weighted by atomic mass is 10.2. The van der Waals surface area contributed by atoms with Gasteiger partial charge in [-0.25, -0.2) is 0 Å². The summed E-state index contributed by atoms with van der Waals surface area (Å²) in [6, 6.07) is 9.81. The summed E-state index contributed by atoms with van der Waals surface area (Å²) in [5, 5.41) is 1.44. The Hall–Kier alpha value is -1.39. The Bertz CT molecular complexity index is 300. The Labute approximate surface area is 76.0 Å². The van der Waals surface area contributed by atoms with Crippen molar-refractivity contribution in [1.29, 1.82) is 0 Å². The molecule has 68 valence electrons. The van der Waals surface area contributed by atoms with Gasteiger partial charge in [0.05, 0.1) is 6.54 Å². The number of nitrogens with one attached hydrogen (secondary N) is 1. The van der Waals surface area contributed by atoms with E-state index in [0.29, 0.717) is 6.54 Å². The SMILES string of the molecule is O=C1CON(Cc2ccccc2)N1. The second-order valence-corrected chi connectivity index (χ2v) is 2.83. The fourth-order valence-corrected chi connectivity index (χ4v) is 1.17. The first-order chi connectivity index (χ1) is 6.34. The quantitative estimate of drug-likeness (QED) is 0.715. The lowest BCUT2D eigenvalue weighted by molar-refractivity contribution is -0.147. The molecule has 0 radical (unpaired) electrons. The van der Waals surface area contributed by atoms with E-state index >= 15 is 0 Å². The molecule has 0 aliphatic carbocycles. The molecular formula is C9H10N2O2. The fraction of sp³-hybridized carbons (Fsp3) is 0.222. The van der Waals surface area contributed by atoms with E-state index in [9.17, 15) is 4.79 Å². The van der Waals surface area contributed by atoms with Crippen molar-refractivity contribution >= 4 is 5.91 Å². The molecule has 0 unspecified atom stereocenters. The molecule has 0 atom stereocenters. The molecule has 0 aromatic heterocycles. The highest BCUT2D eigenvalue weighted by Crippen LogP contribution is 2.05. The Morgan fingerprint density at radius 3 is 2.77 bits per heavy atom. The van der Waals surface area contributed by atoms with Crippen molar-refractivity contribution in [3.05, 3.63) is 35.9 Å². The second kappa shape index (κ2) is 3.55. The molecule has 1 heterocycles. The van der Waals surface area contributed by atoms with Gasteiger partial charge in [-0.05, 0) is 5.56 Å². The van der Waals surface area contributed by atoms with E-state index in [1.54, 1.807) is 0 Å². The third-order valence-corrected chi connectivity index (χ3v) is 1.77. The summed E-state index contributed by atoms with van der Waals surface area (Å²) in [4.78, 5) is 15.8. The van der Waals surface area contributed by atoms with E-state index in [1.807, 2.05) is 30.3 Å². The smallest absolute Gasteiger partial charge is 0.264 e. The van der Waals surface area contributed by atoms with Gasteiger partial charge in [0.1, 0.15) is 0 Å². The van der Waals surface area contributed by atoms with Gasteiger partial charge in [-0.15, -0.1) is 0 Å². The van der Waals surface area contributed by atoms with Crippen molar-refractivity contribution in [2.24, 2.45) is 0 Å². The van der Waals surface area contributed by atoms with Gasteiger partial charge in [0.2, 0.25) is 0 Å². The molecule has 0 spiro atoms. The van der Waals surface area contributed by atoms with Gasteiger partial charge in [0, 0.05) is 0 Å². The summed E-state index contributed by atoms with van der Waals surface area (Å²) in [6.45, 7) is 0.694. The highest BCUT2D eigenvalue weighted by Gasteiger charge is 2.18. The van der Waals surface area contributed by atoms with Gasteiger partial charge in [-0.3, -0.25) is 15.1 Å². The number of hydrogen-bond donors (Lipinski definition) is 1. The Morgan fingerprint density at radius 2 is 2.15 bits per heavy atom. The Kier molecular flexibility index (Phi) is 2.25. The first-order valence-electron chi connectivity index (χ1n) is 4.08. The van der Waals surface area contributed by atoms with E-state index in [1.165, 1.54) is 5.17 Å². The van der Waals surface area contributed by atoms with Crippen LogP contribution in [-0.4, -0.2) is 17.7 Å². The highest BCUT2D eigenvalue weighted by atomic mass is 16.7. The minimum Gasteiger partial charge on any atom is -0.271 e. The molecule has 0 bridgehead atoms. The number of nitrogens with zero attached hydrogens (tertiary/aromatic N) is 1. The summed E-state index contributed by atoms with van der Waals surface area (Å²) < 4.78 is 0. The van der Waals surface area contributed by atoms with Crippen LogP contribution in [0.3, 0.4) is 0 Å². The zero-order valence-electron chi connectivity index (χ0n) is 7.06. The molecule has 1 aliphatic heterocycles. The van der Waals surface area contributed by atoms with Crippen LogP contribution in [-0.2, 0) is 16.2 Å². The van der Waals surface area contributed by atoms with Crippen molar-refractivity contribution in [3.8, 4) is 0 Å². The first-order valence-corrected chi connectivity index (χ1v) is 4.08. The second-order valence-electron chi connectivity index (χ2n) is 2.83. The van der Waals surface area contributed by atoms with Crippen LogP contribution in [0.5, 0.6) is 0 Å². The summed E-state index contributed by atoms with van der Waals surface area (Å²) in [5.41, 5.74) is 3.68. The van der Waals surface area contributed by atoms with Crippen LogP contribution in [0, 0.1) is 0 Å². The fourth-order valence-electron chi connectivity index (χ4n) is 1.17. The van der Waals surface area contributed by atoms with Crippen molar-refractivity contribution in [2.45, 2.75) is 6.54 Å². The number of hydrogen-bond acceptors (Lipinski definition) is 3. The predicted molar refractivity (Wildman–Crippen MR) is 46.1 cm³/mol. The lowest BCUT2D eigenvalue weighted by Crippen LogP contribution is -2.31. The summed E-state index contributed by atoms with van der Waals surface area (Å²) in [7, 11) is 0. The number of benzene rings is 1.